The molecule has 0 atom stereocenters. The first kappa shape index (κ1) is 9.09. The third-order valence-electron chi connectivity index (χ3n) is 2.50. The predicted octanol–water partition coefficient (Wildman–Crippen LogP) is 1.53. The monoisotopic (exact) mass is 197 g/mol. The van der Waals surface area contributed by atoms with Crippen LogP contribution in [0, 0.1) is 0 Å². The highest BCUT2D eigenvalue weighted by atomic mass is 32.2. The molecule has 0 amide bonds. The van der Waals surface area contributed by atoms with Crippen LogP contribution in [0.4, 0.5) is 0 Å². The van der Waals surface area contributed by atoms with Gasteiger partial charge in [0.25, 0.3) is 0 Å². The first-order chi connectivity index (χ1) is 6.40. The van der Waals surface area contributed by atoms with Gasteiger partial charge in [-0.25, -0.2) is 0 Å². The van der Waals surface area contributed by atoms with Crippen LogP contribution >= 0.6 is 11.8 Å². The Labute approximate surface area is 82.9 Å². The number of thioether (sulfide) groups is 1. The van der Waals surface area contributed by atoms with Crippen LogP contribution < -0.4 is 5.32 Å². The van der Waals surface area contributed by atoms with E-state index >= 15 is 0 Å². The van der Waals surface area contributed by atoms with Crippen LogP contribution in [0.15, 0.2) is 17.3 Å². The summed E-state index contributed by atoms with van der Waals surface area (Å²) in [5, 5.41) is 7.74. The summed E-state index contributed by atoms with van der Waals surface area (Å²) < 4.78 is 2.12. The average Bonchev–Trinajstić information content (AvgIpc) is 2.67. The number of hydrogen-bond donors (Lipinski definition) is 1. The van der Waals surface area contributed by atoms with Crippen molar-refractivity contribution in [1.29, 1.82) is 0 Å². The summed E-state index contributed by atoms with van der Waals surface area (Å²) in [4.78, 5) is 1.26. The first-order valence-electron chi connectivity index (χ1n) is 4.69. The number of nitrogens with zero attached hydrogens (tertiary/aromatic N) is 2. The molecule has 4 heteroatoms. The summed E-state index contributed by atoms with van der Waals surface area (Å²) in [6, 6.07) is 0.613. The Balaban J connectivity index is 2.05. The second-order valence-electron chi connectivity index (χ2n) is 3.34. The van der Waals surface area contributed by atoms with Gasteiger partial charge in [-0.1, -0.05) is 0 Å². The molecule has 0 unspecified atom stereocenters. The van der Waals surface area contributed by atoms with Crippen LogP contribution in [0.2, 0.25) is 0 Å². The van der Waals surface area contributed by atoms with E-state index < -0.39 is 0 Å². The standard InChI is InChI=1S/C9H15N3S/c1-13-9-6-11-12(7-9)8-2-4-10-5-3-8/h6-8,10H,2-5H2,1H3. The fourth-order valence-corrected chi connectivity index (χ4v) is 2.06. The zero-order chi connectivity index (χ0) is 9.10. The van der Waals surface area contributed by atoms with Gasteiger partial charge < -0.3 is 5.32 Å². The minimum absolute atomic E-state index is 0.613. The van der Waals surface area contributed by atoms with Crippen molar-refractivity contribution >= 4 is 11.8 Å². The van der Waals surface area contributed by atoms with Crippen molar-refractivity contribution in [2.75, 3.05) is 19.3 Å². The van der Waals surface area contributed by atoms with E-state index in [1.54, 1.807) is 11.8 Å². The minimum atomic E-state index is 0.613. The van der Waals surface area contributed by atoms with Crippen molar-refractivity contribution in [3.8, 4) is 0 Å². The molecule has 1 aromatic heterocycles. The Hall–Kier alpha value is -0.480. The Morgan fingerprint density at radius 2 is 2.31 bits per heavy atom. The number of hydrogen-bond acceptors (Lipinski definition) is 3. The van der Waals surface area contributed by atoms with Gasteiger partial charge in [-0.05, 0) is 32.2 Å². The first-order valence-corrected chi connectivity index (χ1v) is 5.91. The summed E-state index contributed by atoms with van der Waals surface area (Å²) in [5.41, 5.74) is 0. The van der Waals surface area contributed by atoms with Crippen molar-refractivity contribution in [3.63, 3.8) is 0 Å². The highest BCUT2D eigenvalue weighted by molar-refractivity contribution is 7.98. The van der Waals surface area contributed by atoms with Crippen LogP contribution in [0.3, 0.4) is 0 Å². The lowest BCUT2D eigenvalue weighted by molar-refractivity contribution is 0.343. The summed E-state index contributed by atoms with van der Waals surface area (Å²) in [6.07, 6.45) is 8.60. The van der Waals surface area contributed by atoms with Crippen LogP contribution in [0.5, 0.6) is 0 Å². The van der Waals surface area contributed by atoms with Crippen LogP contribution in [-0.2, 0) is 0 Å². The third kappa shape index (κ3) is 2.06. The van der Waals surface area contributed by atoms with Gasteiger partial charge >= 0.3 is 0 Å². The molecule has 0 aliphatic carbocycles. The van der Waals surface area contributed by atoms with Crippen molar-refractivity contribution in [3.05, 3.63) is 12.4 Å². The Kier molecular flexibility index (Phi) is 2.90. The van der Waals surface area contributed by atoms with Crippen molar-refractivity contribution < 1.29 is 0 Å². The van der Waals surface area contributed by atoms with Crippen LogP contribution in [0.25, 0.3) is 0 Å². The molecule has 1 fully saturated rings. The fraction of sp³-hybridized carbons (Fsp3) is 0.667. The van der Waals surface area contributed by atoms with Gasteiger partial charge in [0.1, 0.15) is 0 Å². The smallest absolute Gasteiger partial charge is 0.0625 e. The van der Waals surface area contributed by atoms with Crippen LogP contribution in [0.1, 0.15) is 18.9 Å². The van der Waals surface area contributed by atoms with E-state index in [0.29, 0.717) is 6.04 Å². The van der Waals surface area contributed by atoms with E-state index in [1.807, 2.05) is 6.20 Å². The van der Waals surface area contributed by atoms with Gasteiger partial charge in [-0.2, -0.15) is 5.10 Å². The number of piperidine rings is 1. The maximum Gasteiger partial charge on any atom is 0.0625 e. The molecule has 13 heavy (non-hydrogen) atoms. The van der Waals surface area contributed by atoms with Gasteiger partial charge in [0, 0.05) is 11.1 Å². The lowest BCUT2D eigenvalue weighted by Gasteiger charge is -2.22. The van der Waals surface area contributed by atoms with Crippen molar-refractivity contribution in [2.45, 2.75) is 23.8 Å². The molecule has 1 saturated heterocycles. The molecule has 0 spiro atoms. The Morgan fingerprint density at radius 3 is 2.92 bits per heavy atom. The lowest BCUT2D eigenvalue weighted by Crippen LogP contribution is -2.29. The number of aromatic nitrogens is 2. The Morgan fingerprint density at radius 1 is 1.54 bits per heavy atom. The second-order valence-corrected chi connectivity index (χ2v) is 4.22. The molecule has 72 valence electrons. The summed E-state index contributed by atoms with van der Waals surface area (Å²) in [6.45, 7) is 2.25. The van der Waals surface area contributed by atoms with Gasteiger partial charge in [-0.3, -0.25) is 4.68 Å². The van der Waals surface area contributed by atoms with E-state index in [0.717, 1.165) is 13.1 Å². The summed E-state index contributed by atoms with van der Waals surface area (Å²) >= 11 is 1.75. The highest BCUT2D eigenvalue weighted by Gasteiger charge is 2.15. The van der Waals surface area contributed by atoms with Crippen molar-refractivity contribution in [2.24, 2.45) is 0 Å². The molecule has 2 rings (SSSR count). The van der Waals surface area contributed by atoms with Gasteiger partial charge in [-0.15, -0.1) is 11.8 Å². The largest absolute Gasteiger partial charge is 0.317 e. The van der Waals surface area contributed by atoms with E-state index in [4.69, 9.17) is 0 Å². The van der Waals surface area contributed by atoms with E-state index in [9.17, 15) is 0 Å². The maximum absolute atomic E-state index is 4.38. The third-order valence-corrected chi connectivity index (χ3v) is 3.18. The van der Waals surface area contributed by atoms with Gasteiger partial charge in [0.2, 0.25) is 0 Å². The molecule has 0 bridgehead atoms. The van der Waals surface area contributed by atoms with Gasteiger partial charge in [0.05, 0.1) is 12.2 Å². The van der Waals surface area contributed by atoms with E-state index in [-0.39, 0.29) is 0 Å². The molecule has 1 aromatic rings. The molecule has 1 N–H and O–H groups in total. The fourth-order valence-electron chi connectivity index (χ4n) is 1.70. The lowest BCUT2D eigenvalue weighted by atomic mass is 10.1. The maximum atomic E-state index is 4.38. The normalized spacial score (nSPS) is 19.2. The molecular formula is C9H15N3S. The topological polar surface area (TPSA) is 29.9 Å². The Bertz CT molecular complexity index is 266. The molecular weight excluding hydrogens is 182 g/mol. The summed E-state index contributed by atoms with van der Waals surface area (Å²) in [5.74, 6) is 0. The second kappa shape index (κ2) is 4.15. The predicted molar refractivity (Wildman–Crippen MR) is 55.1 cm³/mol. The molecule has 0 aromatic carbocycles. The van der Waals surface area contributed by atoms with Gasteiger partial charge in [0.15, 0.2) is 0 Å². The quantitative estimate of drug-likeness (QED) is 0.729. The number of rotatable bonds is 2. The van der Waals surface area contributed by atoms with E-state index in [1.165, 1.54) is 17.7 Å². The molecule has 2 heterocycles. The van der Waals surface area contributed by atoms with Crippen LogP contribution in [-0.4, -0.2) is 29.1 Å². The summed E-state index contributed by atoms with van der Waals surface area (Å²) in [7, 11) is 0. The molecule has 1 aliphatic heterocycles. The van der Waals surface area contributed by atoms with Crippen molar-refractivity contribution in [1.82, 2.24) is 15.1 Å². The highest BCUT2D eigenvalue weighted by Crippen LogP contribution is 2.20. The molecule has 1 aliphatic rings. The molecule has 3 nitrogen and oxygen atoms in total. The molecule has 0 saturated carbocycles. The average molecular weight is 197 g/mol. The molecule has 0 radical (unpaired) electrons. The minimum Gasteiger partial charge on any atom is -0.317 e. The zero-order valence-corrected chi connectivity index (χ0v) is 8.68. The SMILES string of the molecule is CSc1cnn(C2CCNCC2)c1. The number of nitrogens with one attached hydrogen (secondary N) is 1. The van der Waals surface area contributed by atoms with E-state index in [2.05, 4.69) is 27.5 Å². The zero-order valence-electron chi connectivity index (χ0n) is 7.86.